The van der Waals surface area contributed by atoms with Crippen LogP contribution in [-0.2, 0) is 12.8 Å². The number of hydrogen-bond donors (Lipinski definition) is 0. The predicted molar refractivity (Wildman–Crippen MR) is 103 cm³/mol. The van der Waals surface area contributed by atoms with Gasteiger partial charge in [0.05, 0.1) is 27.0 Å². The molecule has 2 aromatic carbocycles. The third-order valence-corrected chi connectivity index (χ3v) is 5.46. The number of aryl methyl sites for hydroxylation is 1. The Morgan fingerprint density at radius 3 is 2.46 bits per heavy atom. The molecule has 0 unspecified atom stereocenters. The minimum atomic E-state index is -0.824. The average molecular weight is 400 g/mol. The molecule has 28 heavy (non-hydrogen) atoms. The highest BCUT2D eigenvalue weighted by atomic mass is 35.5. The van der Waals surface area contributed by atoms with Crippen LogP contribution in [0.1, 0.15) is 34.5 Å². The predicted octanol–water partition coefficient (Wildman–Crippen LogP) is 4.68. The van der Waals surface area contributed by atoms with Crippen LogP contribution >= 0.6 is 11.6 Å². The molecule has 8 nitrogen and oxygen atoms in total. The van der Waals surface area contributed by atoms with E-state index in [0.717, 1.165) is 48.0 Å². The first-order valence-corrected chi connectivity index (χ1v) is 9.06. The summed E-state index contributed by atoms with van der Waals surface area (Å²) in [5.41, 5.74) is 1.12. The molecular formula is C19H14ClN3O5. The van der Waals surface area contributed by atoms with E-state index in [1.54, 1.807) is 12.1 Å². The number of rotatable bonds is 3. The van der Waals surface area contributed by atoms with Gasteiger partial charge < -0.3 is 0 Å². The van der Waals surface area contributed by atoms with E-state index in [1.807, 2.05) is 12.1 Å². The molecular weight excluding hydrogens is 386 g/mol. The molecule has 0 fully saturated rings. The van der Waals surface area contributed by atoms with Crippen molar-refractivity contribution in [2.24, 2.45) is 0 Å². The first kappa shape index (κ1) is 18.1. The first-order chi connectivity index (χ1) is 13.4. The van der Waals surface area contributed by atoms with E-state index >= 15 is 0 Å². The van der Waals surface area contributed by atoms with Gasteiger partial charge in [-0.2, -0.15) is 0 Å². The molecule has 0 atom stereocenters. The summed E-state index contributed by atoms with van der Waals surface area (Å²) >= 11 is 6.13. The number of fused-ring (bicyclic) bond motifs is 3. The van der Waals surface area contributed by atoms with Crippen LogP contribution in [0, 0.1) is 20.2 Å². The molecule has 9 heteroatoms. The molecule has 1 aromatic heterocycles. The summed E-state index contributed by atoms with van der Waals surface area (Å²) < 4.78 is 1.50. The van der Waals surface area contributed by atoms with Crippen LogP contribution in [0.5, 0.6) is 0 Å². The monoisotopic (exact) mass is 399 g/mol. The van der Waals surface area contributed by atoms with Crippen LogP contribution in [0.3, 0.4) is 0 Å². The summed E-state index contributed by atoms with van der Waals surface area (Å²) in [5.74, 6) is -0.601. The highest BCUT2D eigenvalue weighted by Crippen LogP contribution is 2.37. The van der Waals surface area contributed by atoms with Crippen LogP contribution in [0.25, 0.3) is 10.9 Å². The molecule has 1 aliphatic carbocycles. The molecule has 0 amide bonds. The van der Waals surface area contributed by atoms with Crippen molar-refractivity contribution >= 4 is 39.8 Å². The van der Waals surface area contributed by atoms with Gasteiger partial charge in [0.1, 0.15) is 5.02 Å². The highest BCUT2D eigenvalue weighted by Gasteiger charge is 2.30. The van der Waals surface area contributed by atoms with Crippen LogP contribution in [0.4, 0.5) is 11.4 Å². The number of para-hydroxylation sites is 1. The number of non-ortho nitro benzene ring substituents is 1. The van der Waals surface area contributed by atoms with E-state index in [-0.39, 0.29) is 5.56 Å². The Bertz CT molecular complexity index is 1170. The van der Waals surface area contributed by atoms with E-state index in [2.05, 4.69) is 0 Å². The van der Waals surface area contributed by atoms with Crippen LogP contribution < -0.4 is 0 Å². The quantitative estimate of drug-likeness (QED) is 0.469. The Morgan fingerprint density at radius 1 is 1.04 bits per heavy atom. The average Bonchev–Trinajstić information content (AvgIpc) is 3.01. The van der Waals surface area contributed by atoms with Gasteiger partial charge >= 0.3 is 0 Å². The van der Waals surface area contributed by atoms with Crippen LogP contribution in [-0.4, -0.2) is 20.3 Å². The lowest BCUT2D eigenvalue weighted by molar-refractivity contribution is -0.394. The molecule has 0 bridgehead atoms. The fraction of sp³-hybridized carbons (Fsp3) is 0.211. The fourth-order valence-electron chi connectivity index (χ4n) is 3.84. The minimum Gasteiger partial charge on any atom is -0.280 e. The third-order valence-electron chi connectivity index (χ3n) is 5.06. The van der Waals surface area contributed by atoms with Crippen molar-refractivity contribution < 1.29 is 14.6 Å². The van der Waals surface area contributed by atoms with Gasteiger partial charge in [-0.1, -0.05) is 29.8 Å². The maximum Gasteiger partial charge on any atom is 0.295 e. The Hall–Kier alpha value is -3.26. The number of nitrogens with zero attached hydrogens (tertiary/aromatic N) is 3. The lowest BCUT2D eigenvalue weighted by Crippen LogP contribution is -2.18. The molecule has 0 N–H and O–H groups in total. The van der Waals surface area contributed by atoms with Gasteiger partial charge in [-0.15, -0.1) is 0 Å². The topological polar surface area (TPSA) is 108 Å². The number of hydrogen-bond acceptors (Lipinski definition) is 5. The normalized spacial score (nSPS) is 13.3. The maximum absolute atomic E-state index is 13.4. The lowest BCUT2D eigenvalue weighted by atomic mass is 9.95. The largest absolute Gasteiger partial charge is 0.295 e. The van der Waals surface area contributed by atoms with Crippen LogP contribution in [0.2, 0.25) is 5.02 Å². The first-order valence-electron chi connectivity index (χ1n) is 8.68. The summed E-state index contributed by atoms with van der Waals surface area (Å²) in [4.78, 5) is 34.3. The number of nitro groups is 2. The van der Waals surface area contributed by atoms with Crippen LogP contribution in [0.15, 0.2) is 36.4 Å². The van der Waals surface area contributed by atoms with Gasteiger partial charge in [0, 0.05) is 17.1 Å². The van der Waals surface area contributed by atoms with Crippen molar-refractivity contribution in [3.8, 4) is 0 Å². The van der Waals surface area contributed by atoms with Crippen molar-refractivity contribution in [3.63, 3.8) is 0 Å². The third kappa shape index (κ3) is 2.73. The molecule has 4 rings (SSSR count). The van der Waals surface area contributed by atoms with Crippen molar-refractivity contribution in [1.82, 2.24) is 4.57 Å². The Labute approximate surface area is 163 Å². The molecule has 0 spiro atoms. The van der Waals surface area contributed by atoms with Gasteiger partial charge in [-0.05, 0) is 37.3 Å². The van der Waals surface area contributed by atoms with Crippen molar-refractivity contribution in [2.75, 3.05) is 0 Å². The van der Waals surface area contributed by atoms with E-state index in [9.17, 15) is 25.0 Å². The molecule has 142 valence electrons. The smallest absolute Gasteiger partial charge is 0.280 e. The van der Waals surface area contributed by atoms with Gasteiger partial charge in [-0.3, -0.25) is 29.6 Å². The number of carbonyl (C=O) groups excluding carboxylic acids is 1. The Morgan fingerprint density at radius 2 is 1.75 bits per heavy atom. The molecule has 0 aliphatic heterocycles. The SMILES string of the molecule is O=C(c1cc([N+](=O)[O-])cc([N+](=O)[O-])c1Cl)n1c2c(c3ccccc31)CCCC2. The van der Waals surface area contributed by atoms with Gasteiger partial charge in [0.15, 0.2) is 0 Å². The molecule has 0 radical (unpaired) electrons. The van der Waals surface area contributed by atoms with E-state index < -0.39 is 32.2 Å². The number of benzene rings is 2. The second-order valence-corrected chi connectivity index (χ2v) is 7.01. The van der Waals surface area contributed by atoms with E-state index in [4.69, 9.17) is 11.6 Å². The summed E-state index contributed by atoms with van der Waals surface area (Å²) in [6.07, 6.45) is 3.45. The molecule has 0 saturated heterocycles. The zero-order valence-corrected chi connectivity index (χ0v) is 15.3. The van der Waals surface area contributed by atoms with Crippen molar-refractivity contribution in [2.45, 2.75) is 25.7 Å². The highest BCUT2D eigenvalue weighted by molar-refractivity contribution is 6.36. The zero-order chi connectivity index (χ0) is 20.0. The van der Waals surface area contributed by atoms with Crippen molar-refractivity contribution in [1.29, 1.82) is 0 Å². The number of nitro benzene ring substituents is 2. The van der Waals surface area contributed by atoms with Crippen molar-refractivity contribution in [3.05, 3.63) is 78.5 Å². The molecule has 1 aliphatic rings. The number of carbonyl (C=O) groups is 1. The second-order valence-electron chi connectivity index (χ2n) is 6.63. The molecule has 0 saturated carbocycles. The lowest BCUT2D eigenvalue weighted by Gasteiger charge is -2.15. The summed E-state index contributed by atoms with van der Waals surface area (Å²) in [6.45, 7) is 0. The minimum absolute atomic E-state index is 0.253. The zero-order valence-electron chi connectivity index (χ0n) is 14.6. The van der Waals surface area contributed by atoms with E-state index in [0.29, 0.717) is 11.9 Å². The Balaban J connectivity index is 1.99. The summed E-state index contributed by atoms with van der Waals surface area (Å²) in [6, 6.07) is 9.18. The van der Waals surface area contributed by atoms with E-state index in [1.165, 1.54) is 4.57 Å². The summed E-state index contributed by atoms with van der Waals surface area (Å²) in [5, 5.41) is 23.0. The fourth-order valence-corrected chi connectivity index (χ4v) is 4.10. The molecule has 1 heterocycles. The maximum atomic E-state index is 13.4. The van der Waals surface area contributed by atoms with Gasteiger partial charge in [-0.25, -0.2) is 0 Å². The molecule has 3 aromatic rings. The summed E-state index contributed by atoms with van der Waals surface area (Å²) in [7, 11) is 0. The second kappa shape index (κ2) is 6.72. The standard InChI is InChI=1S/C19H14ClN3O5/c20-18-14(9-11(22(25)26)10-17(18)23(27)28)19(24)21-15-7-3-1-5-12(15)13-6-2-4-8-16(13)21/h1,3,5,7,9-10H,2,4,6,8H2. The number of aromatic nitrogens is 1. The van der Waals surface area contributed by atoms with Gasteiger partial charge in [0.25, 0.3) is 17.3 Å². The van der Waals surface area contributed by atoms with Gasteiger partial charge in [0.2, 0.25) is 0 Å². The number of halogens is 1. The Kier molecular flexibility index (Phi) is 4.35.